The maximum atomic E-state index is 12.5. The third-order valence-electron chi connectivity index (χ3n) is 7.09. The number of nitrogens with one attached hydrogen (secondary N) is 1. The molecule has 4 aliphatic heterocycles. The van der Waals surface area contributed by atoms with Crippen LogP contribution in [0.5, 0.6) is 0 Å². The number of carbonyl (C=O) groups is 2. The molecule has 6 atom stereocenters. The summed E-state index contributed by atoms with van der Waals surface area (Å²) in [7, 11) is 0. The fourth-order valence-electron chi connectivity index (χ4n) is 5.87. The summed E-state index contributed by atoms with van der Waals surface area (Å²) in [5, 5.41) is 11.0. The molecule has 0 saturated carbocycles. The highest BCUT2D eigenvalue weighted by Gasteiger charge is 2.53. The number of aromatic amines is 1. The van der Waals surface area contributed by atoms with Crippen molar-refractivity contribution in [3.63, 3.8) is 0 Å². The van der Waals surface area contributed by atoms with Gasteiger partial charge in [-0.25, -0.2) is 4.79 Å². The number of esters is 1. The van der Waals surface area contributed by atoms with Crippen LogP contribution in [0.25, 0.3) is 0 Å². The number of carbonyl (C=O) groups excluding carboxylic acids is 2. The zero-order chi connectivity index (χ0) is 18.5. The molecule has 0 spiro atoms. The highest BCUT2D eigenvalue weighted by Crippen LogP contribution is 2.45. The molecule has 1 aromatic rings. The Morgan fingerprint density at radius 2 is 2.15 bits per heavy atom. The van der Waals surface area contributed by atoms with E-state index in [1.807, 2.05) is 0 Å². The molecule has 0 radical (unpaired) electrons. The smallest absolute Gasteiger partial charge is 0.355 e. The Hall–Kier alpha value is -1.86. The van der Waals surface area contributed by atoms with Gasteiger partial charge in [-0.2, -0.15) is 0 Å². The second-order valence-electron chi connectivity index (χ2n) is 8.53. The summed E-state index contributed by atoms with van der Waals surface area (Å²) in [6, 6.07) is 3.87. The van der Waals surface area contributed by atoms with Crippen LogP contribution < -0.4 is 0 Å². The van der Waals surface area contributed by atoms with E-state index in [-0.39, 0.29) is 36.0 Å². The molecule has 7 heteroatoms. The van der Waals surface area contributed by atoms with Crippen LogP contribution in [-0.2, 0) is 9.53 Å². The van der Waals surface area contributed by atoms with E-state index in [1.54, 1.807) is 23.2 Å². The molecule has 1 amide bonds. The van der Waals surface area contributed by atoms with Gasteiger partial charge in [-0.15, -0.1) is 0 Å². The van der Waals surface area contributed by atoms with Gasteiger partial charge in [0.15, 0.2) is 0 Å². The van der Waals surface area contributed by atoms with E-state index < -0.39 is 6.23 Å². The van der Waals surface area contributed by atoms with E-state index >= 15 is 0 Å². The predicted molar refractivity (Wildman–Crippen MR) is 96.7 cm³/mol. The van der Waals surface area contributed by atoms with Gasteiger partial charge in [-0.3, -0.25) is 9.69 Å². The average molecular weight is 373 g/mol. The standard InChI is InChI=1S/C20H27N3O4/c24-18-5-1-4-16-12-9-14(19(25)23(16)18)17-10-13(6-8-22(17)11-12)27-20(26)15-3-2-7-21-15/h2-3,7,12-14,16-17,19,21,25H,1,4-6,8-11H2. The van der Waals surface area contributed by atoms with Crippen molar-refractivity contribution < 1.29 is 19.4 Å². The minimum absolute atomic E-state index is 0.0500. The Bertz CT molecular complexity index is 719. The van der Waals surface area contributed by atoms with Crippen molar-refractivity contribution in [3.05, 3.63) is 24.0 Å². The van der Waals surface area contributed by atoms with E-state index in [0.717, 1.165) is 45.2 Å². The molecule has 27 heavy (non-hydrogen) atoms. The zero-order valence-corrected chi connectivity index (χ0v) is 15.4. The van der Waals surface area contributed by atoms with Crippen LogP contribution >= 0.6 is 0 Å². The van der Waals surface area contributed by atoms with E-state index in [9.17, 15) is 14.7 Å². The van der Waals surface area contributed by atoms with Crippen LogP contribution in [0.3, 0.4) is 0 Å². The highest BCUT2D eigenvalue weighted by molar-refractivity contribution is 5.87. The summed E-state index contributed by atoms with van der Waals surface area (Å²) in [4.78, 5) is 31.9. The molecule has 7 nitrogen and oxygen atoms in total. The molecule has 6 unspecified atom stereocenters. The molecular weight excluding hydrogens is 346 g/mol. The van der Waals surface area contributed by atoms with Crippen molar-refractivity contribution in [3.8, 4) is 0 Å². The Kier molecular flexibility index (Phi) is 4.24. The number of H-pyrrole nitrogens is 1. The summed E-state index contributed by atoms with van der Waals surface area (Å²) in [6.07, 6.45) is 5.89. The Morgan fingerprint density at radius 3 is 2.96 bits per heavy atom. The maximum absolute atomic E-state index is 12.5. The van der Waals surface area contributed by atoms with Gasteiger partial charge < -0.3 is 19.7 Å². The number of fused-ring (bicyclic) bond motifs is 6. The molecule has 2 bridgehead atoms. The van der Waals surface area contributed by atoms with Crippen molar-refractivity contribution in [2.75, 3.05) is 13.1 Å². The minimum atomic E-state index is -0.704. The van der Waals surface area contributed by atoms with Crippen LogP contribution in [0.2, 0.25) is 0 Å². The molecule has 5 heterocycles. The quantitative estimate of drug-likeness (QED) is 0.765. The molecule has 5 rings (SSSR count). The van der Waals surface area contributed by atoms with E-state index in [0.29, 0.717) is 18.0 Å². The number of nitrogens with zero attached hydrogens (tertiary/aromatic N) is 2. The monoisotopic (exact) mass is 373 g/mol. The second-order valence-corrected chi connectivity index (χ2v) is 8.53. The first-order valence-corrected chi connectivity index (χ1v) is 10.2. The summed E-state index contributed by atoms with van der Waals surface area (Å²) < 4.78 is 5.73. The lowest BCUT2D eigenvalue weighted by Crippen LogP contribution is -2.69. The molecule has 4 saturated heterocycles. The zero-order valence-electron chi connectivity index (χ0n) is 15.4. The van der Waals surface area contributed by atoms with E-state index in [1.165, 1.54) is 0 Å². The maximum Gasteiger partial charge on any atom is 0.355 e. The molecule has 0 aromatic carbocycles. The summed E-state index contributed by atoms with van der Waals surface area (Å²) >= 11 is 0. The van der Waals surface area contributed by atoms with Crippen LogP contribution in [-0.4, -0.2) is 69.3 Å². The first-order valence-electron chi connectivity index (χ1n) is 10.2. The lowest BCUT2D eigenvalue weighted by Gasteiger charge is -2.59. The first-order chi connectivity index (χ1) is 13.1. The largest absolute Gasteiger partial charge is 0.458 e. The third-order valence-corrected chi connectivity index (χ3v) is 7.09. The summed E-state index contributed by atoms with van der Waals surface area (Å²) in [5.41, 5.74) is 0.473. The number of aliphatic hydroxyl groups excluding tert-OH is 1. The topological polar surface area (TPSA) is 85.9 Å². The van der Waals surface area contributed by atoms with Crippen molar-refractivity contribution in [1.29, 1.82) is 0 Å². The number of amides is 1. The fraction of sp³-hybridized carbons (Fsp3) is 0.700. The van der Waals surface area contributed by atoms with E-state index in [2.05, 4.69) is 9.88 Å². The highest BCUT2D eigenvalue weighted by atomic mass is 16.5. The van der Waals surface area contributed by atoms with Gasteiger partial charge in [0.25, 0.3) is 0 Å². The lowest BCUT2D eigenvalue weighted by molar-refractivity contribution is -0.194. The second kappa shape index (κ2) is 6.63. The van der Waals surface area contributed by atoms with Crippen molar-refractivity contribution in [1.82, 2.24) is 14.8 Å². The van der Waals surface area contributed by atoms with Gasteiger partial charge in [0, 0.05) is 50.1 Å². The minimum Gasteiger partial charge on any atom is -0.458 e. The third kappa shape index (κ3) is 2.88. The summed E-state index contributed by atoms with van der Waals surface area (Å²) in [5.74, 6) is 0.293. The molecular formula is C20H27N3O4. The molecule has 4 fully saturated rings. The number of ether oxygens (including phenoxy) is 1. The fourth-order valence-corrected chi connectivity index (χ4v) is 5.87. The van der Waals surface area contributed by atoms with Gasteiger partial charge in [0.2, 0.25) is 5.91 Å². The normalized spacial score (nSPS) is 38.9. The number of hydrogen-bond acceptors (Lipinski definition) is 5. The number of aromatic nitrogens is 1. The summed E-state index contributed by atoms with van der Waals surface area (Å²) in [6.45, 7) is 1.87. The van der Waals surface area contributed by atoms with Gasteiger partial charge >= 0.3 is 5.97 Å². The lowest BCUT2D eigenvalue weighted by atomic mass is 9.69. The SMILES string of the molecule is O=C(OC1CCN2CC3CC(C2C1)C(O)N1C(=O)CCCC31)c1ccc[nH]1. The van der Waals surface area contributed by atoms with Gasteiger partial charge in [-0.05, 0) is 43.7 Å². The molecule has 146 valence electrons. The number of hydrogen-bond donors (Lipinski definition) is 2. The van der Waals surface area contributed by atoms with Gasteiger partial charge in [0.1, 0.15) is 18.0 Å². The van der Waals surface area contributed by atoms with Crippen LogP contribution in [0.4, 0.5) is 0 Å². The van der Waals surface area contributed by atoms with Crippen molar-refractivity contribution in [2.24, 2.45) is 11.8 Å². The Labute approximate surface area is 158 Å². The molecule has 4 aliphatic rings. The Balaban J connectivity index is 1.31. The van der Waals surface area contributed by atoms with Crippen LogP contribution in [0.1, 0.15) is 49.0 Å². The van der Waals surface area contributed by atoms with Crippen LogP contribution in [0, 0.1) is 11.8 Å². The molecule has 2 N–H and O–H groups in total. The molecule has 0 aliphatic carbocycles. The average Bonchev–Trinajstić information content (AvgIpc) is 3.21. The van der Waals surface area contributed by atoms with Crippen molar-refractivity contribution >= 4 is 11.9 Å². The van der Waals surface area contributed by atoms with Crippen molar-refractivity contribution in [2.45, 2.75) is 62.9 Å². The van der Waals surface area contributed by atoms with E-state index in [4.69, 9.17) is 4.74 Å². The molecule has 1 aromatic heterocycles. The number of aliphatic hydroxyl groups is 1. The first kappa shape index (κ1) is 17.3. The number of rotatable bonds is 2. The van der Waals surface area contributed by atoms with Crippen LogP contribution in [0.15, 0.2) is 18.3 Å². The number of piperidine rings is 4. The van der Waals surface area contributed by atoms with Gasteiger partial charge in [-0.1, -0.05) is 0 Å². The van der Waals surface area contributed by atoms with Gasteiger partial charge in [0.05, 0.1) is 0 Å². The predicted octanol–water partition coefficient (Wildman–Crippen LogP) is 1.35. The Morgan fingerprint density at radius 1 is 1.26 bits per heavy atom.